The Morgan fingerprint density at radius 2 is 1.72 bits per heavy atom. The summed E-state index contributed by atoms with van der Waals surface area (Å²) >= 11 is 0. The van der Waals surface area contributed by atoms with Gasteiger partial charge in [0.05, 0.1) is 25.2 Å². The highest BCUT2D eigenvalue weighted by atomic mass is 19.1. The zero-order valence-electron chi connectivity index (χ0n) is 16.9. The fourth-order valence-electron chi connectivity index (χ4n) is 3.53. The quantitative estimate of drug-likeness (QED) is 0.445. The number of aromatic nitrogens is 5. The Balaban J connectivity index is 1.64. The van der Waals surface area contributed by atoms with Crippen molar-refractivity contribution >= 4 is 21.9 Å². The van der Waals surface area contributed by atoms with Gasteiger partial charge in [-0.3, -0.25) is 9.89 Å². The Kier molecular flexibility index (Phi) is 4.54. The summed E-state index contributed by atoms with van der Waals surface area (Å²) in [6.45, 7) is 0. The molecule has 0 radical (unpaired) electrons. The SMILES string of the molecule is COc1cc(OC)c(F)c(-c2ncc3c(-c4ccc5[nH]c(=O)ccc5c4)n[nH]c3n2)c1F. The van der Waals surface area contributed by atoms with Crippen LogP contribution in [0.2, 0.25) is 0 Å². The molecule has 0 aliphatic rings. The smallest absolute Gasteiger partial charge is 0.248 e. The molecule has 32 heavy (non-hydrogen) atoms. The number of halogens is 2. The molecule has 10 heteroatoms. The van der Waals surface area contributed by atoms with E-state index in [1.54, 1.807) is 18.2 Å². The van der Waals surface area contributed by atoms with E-state index in [0.29, 0.717) is 22.2 Å². The van der Waals surface area contributed by atoms with Crippen LogP contribution >= 0.6 is 0 Å². The van der Waals surface area contributed by atoms with Crippen LogP contribution < -0.4 is 15.0 Å². The van der Waals surface area contributed by atoms with E-state index in [4.69, 9.17) is 9.47 Å². The van der Waals surface area contributed by atoms with Gasteiger partial charge in [-0.2, -0.15) is 5.10 Å². The molecular formula is C22H15F2N5O3. The van der Waals surface area contributed by atoms with Gasteiger partial charge >= 0.3 is 0 Å². The molecule has 0 fully saturated rings. The number of aromatic amines is 2. The largest absolute Gasteiger partial charge is 0.494 e. The second-order valence-electron chi connectivity index (χ2n) is 6.94. The lowest BCUT2D eigenvalue weighted by Gasteiger charge is -2.11. The highest BCUT2D eigenvalue weighted by Crippen LogP contribution is 2.37. The first-order valence-electron chi connectivity index (χ1n) is 9.45. The third-order valence-electron chi connectivity index (χ3n) is 5.11. The van der Waals surface area contributed by atoms with Crippen LogP contribution in [0.1, 0.15) is 0 Å². The summed E-state index contributed by atoms with van der Waals surface area (Å²) in [5.41, 5.74) is 1.65. The zero-order valence-corrected chi connectivity index (χ0v) is 16.9. The van der Waals surface area contributed by atoms with E-state index in [9.17, 15) is 13.6 Å². The van der Waals surface area contributed by atoms with Crippen LogP contribution in [0, 0.1) is 11.6 Å². The van der Waals surface area contributed by atoms with Crippen molar-refractivity contribution in [1.82, 2.24) is 25.1 Å². The van der Waals surface area contributed by atoms with Crippen molar-refractivity contribution in [1.29, 1.82) is 0 Å². The standard InChI is InChI=1S/C22H15F2N5O3/c1-31-14-8-15(32-2)19(24)17(18(14)23)22-25-9-12-20(28-29-21(12)27-22)11-3-5-13-10(7-11)4-6-16(30)26-13/h3-9H,1-2H3,(H,26,30)(H,25,27,28,29). The van der Waals surface area contributed by atoms with Gasteiger partial charge in [-0.05, 0) is 23.6 Å². The third-order valence-corrected chi connectivity index (χ3v) is 5.11. The Hall–Kier alpha value is -4.34. The molecule has 0 spiro atoms. The molecule has 5 aromatic rings. The van der Waals surface area contributed by atoms with E-state index in [2.05, 4.69) is 25.1 Å². The van der Waals surface area contributed by atoms with Crippen molar-refractivity contribution in [2.75, 3.05) is 14.2 Å². The molecule has 0 saturated heterocycles. The van der Waals surface area contributed by atoms with Gasteiger partial charge < -0.3 is 14.5 Å². The maximum atomic E-state index is 14.8. The number of ether oxygens (including phenoxy) is 2. The van der Waals surface area contributed by atoms with Crippen molar-refractivity contribution in [3.63, 3.8) is 0 Å². The van der Waals surface area contributed by atoms with Gasteiger partial charge in [-0.15, -0.1) is 0 Å². The Bertz CT molecular complexity index is 1530. The van der Waals surface area contributed by atoms with Crippen LogP contribution in [0.4, 0.5) is 8.78 Å². The predicted octanol–water partition coefficient (Wildman–Crippen LogP) is 3.82. The summed E-state index contributed by atoms with van der Waals surface area (Å²) in [5.74, 6) is -2.44. The lowest BCUT2D eigenvalue weighted by atomic mass is 10.1. The minimum atomic E-state index is -0.937. The minimum absolute atomic E-state index is 0.184. The molecule has 0 aliphatic carbocycles. The maximum Gasteiger partial charge on any atom is 0.248 e. The molecule has 5 rings (SSSR count). The Morgan fingerprint density at radius 1 is 0.969 bits per heavy atom. The van der Waals surface area contributed by atoms with Gasteiger partial charge in [0.1, 0.15) is 5.69 Å². The van der Waals surface area contributed by atoms with Crippen LogP contribution in [0.5, 0.6) is 11.5 Å². The summed E-state index contributed by atoms with van der Waals surface area (Å²) in [4.78, 5) is 22.7. The van der Waals surface area contributed by atoms with E-state index in [-0.39, 0.29) is 22.9 Å². The molecule has 0 aliphatic heterocycles. The summed E-state index contributed by atoms with van der Waals surface area (Å²) in [7, 11) is 2.54. The van der Waals surface area contributed by atoms with Gasteiger partial charge in [-0.1, -0.05) is 6.07 Å². The van der Waals surface area contributed by atoms with Crippen LogP contribution in [0.15, 0.2) is 47.4 Å². The number of pyridine rings is 1. The van der Waals surface area contributed by atoms with Crippen molar-refractivity contribution in [2.45, 2.75) is 0 Å². The average molecular weight is 435 g/mol. The Morgan fingerprint density at radius 3 is 2.44 bits per heavy atom. The first kappa shape index (κ1) is 19.6. The number of rotatable bonds is 4. The van der Waals surface area contributed by atoms with E-state index < -0.39 is 17.2 Å². The minimum Gasteiger partial charge on any atom is -0.494 e. The summed E-state index contributed by atoms with van der Waals surface area (Å²) in [6, 6.07) is 9.71. The number of fused-ring (bicyclic) bond motifs is 2. The second-order valence-corrected chi connectivity index (χ2v) is 6.94. The molecule has 0 unspecified atom stereocenters. The highest BCUT2D eigenvalue weighted by Gasteiger charge is 2.24. The van der Waals surface area contributed by atoms with Crippen LogP contribution in [0.25, 0.3) is 44.6 Å². The summed E-state index contributed by atoms with van der Waals surface area (Å²) in [6.07, 6.45) is 1.44. The number of nitrogens with zero attached hydrogens (tertiary/aromatic N) is 3. The van der Waals surface area contributed by atoms with Gasteiger partial charge in [-0.25, -0.2) is 18.7 Å². The van der Waals surface area contributed by atoms with E-state index in [1.165, 1.54) is 26.5 Å². The second kappa shape index (κ2) is 7.41. The molecular weight excluding hydrogens is 420 g/mol. The van der Waals surface area contributed by atoms with E-state index in [0.717, 1.165) is 17.0 Å². The molecule has 3 heterocycles. The van der Waals surface area contributed by atoms with Crippen molar-refractivity contribution in [2.24, 2.45) is 0 Å². The number of hydrogen-bond acceptors (Lipinski definition) is 6. The monoisotopic (exact) mass is 435 g/mol. The molecule has 160 valence electrons. The molecule has 0 bridgehead atoms. The number of hydrogen-bond donors (Lipinski definition) is 2. The van der Waals surface area contributed by atoms with Gasteiger partial charge in [0, 0.05) is 29.4 Å². The first-order chi connectivity index (χ1) is 15.5. The normalized spacial score (nSPS) is 11.2. The predicted molar refractivity (Wildman–Crippen MR) is 114 cm³/mol. The van der Waals surface area contributed by atoms with E-state index in [1.807, 2.05) is 6.07 Å². The molecule has 0 amide bonds. The van der Waals surface area contributed by atoms with Crippen LogP contribution in [-0.4, -0.2) is 39.4 Å². The molecule has 2 aromatic carbocycles. The zero-order chi connectivity index (χ0) is 22.4. The third kappa shape index (κ3) is 3.04. The Labute approximate surface area is 178 Å². The molecule has 3 aromatic heterocycles. The fraction of sp³-hybridized carbons (Fsp3) is 0.0909. The van der Waals surface area contributed by atoms with Crippen molar-refractivity contribution in [3.8, 4) is 34.1 Å². The lowest BCUT2D eigenvalue weighted by molar-refractivity contribution is 0.359. The van der Waals surface area contributed by atoms with Crippen molar-refractivity contribution < 1.29 is 18.3 Å². The number of benzene rings is 2. The van der Waals surface area contributed by atoms with Crippen LogP contribution in [0.3, 0.4) is 0 Å². The molecule has 8 nitrogen and oxygen atoms in total. The topological polar surface area (TPSA) is 106 Å². The van der Waals surface area contributed by atoms with Gasteiger partial charge in [0.15, 0.2) is 34.6 Å². The van der Waals surface area contributed by atoms with Crippen LogP contribution in [-0.2, 0) is 0 Å². The number of methoxy groups -OCH3 is 2. The van der Waals surface area contributed by atoms with Crippen molar-refractivity contribution in [3.05, 3.63) is 64.6 Å². The van der Waals surface area contributed by atoms with Gasteiger partial charge in [0.2, 0.25) is 5.56 Å². The first-order valence-corrected chi connectivity index (χ1v) is 9.45. The average Bonchev–Trinajstić information content (AvgIpc) is 3.22. The van der Waals surface area contributed by atoms with E-state index >= 15 is 0 Å². The molecule has 0 atom stereocenters. The molecule has 0 saturated carbocycles. The summed E-state index contributed by atoms with van der Waals surface area (Å²) < 4.78 is 39.6. The fourth-order valence-corrected chi connectivity index (χ4v) is 3.53. The number of nitrogens with one attached hydrogen (secondary N) is 2. The maximum absolute atomic E-state index is 14.8. The number of H-pyrrole nitrogens is 2. The lowest BCUT2D eigenvalue weighted by Crippen LogP contribution is -2.02. The molecule has 2 N–H and O–H groups in total. The van der Waals surface area contributed by atoms with Gasteiger partial charge in [0.25, 0.3) is 0 Å². The summed E-state index contributed by atoms with van der Waals surface area (Å²) in [5, 5.41) is 8.47. The highest BCUT2D eigenvalue weighted by molar-refractivity contribution is 5.94.